The highest BCUT2D eigenvalue weighted by atomic mass is 35.5. The zero-order chi connectivity index (χ0) is 17.7. The van der Waals surface area contributed by atoms with Crippen molar-refractivity contribution < 1.29 is 4.79 Å². The van der Waals surface area contributed by atoms with Crippen molar-refractivity contribution in [2.45, 2.75) is 38.1 Å². The zero-order valence-electron chi connectivity index (χ0n) is 14.4. The van der Waals surface area contributed by atoms with E-state index in [1.807, 2.05) is 51.3 Å². The second-order valence-corrected chi connectivity index (χ2v) is 7.07. The number of hydrogen-bond donors (Lipinski definition) is 1. The lowest BCUT2D eigenvalue weighted by atomic mass is 10.1. The van der Waals surface area contributed by atoms with Gasteiger partial charge in [-0.3, -0.25) is 4.79 Å². The lowest BCUT2D eigenvalue weighted by Gasteiger charge is -2.13. The lowest BCUT2D eigenvalue weighted by molar-refractivity contribution is 0.0949. The molecule has 0 atom stereocenters. The highest BCUT2D eigenvalue weighted by molar-refractivity contribution is 7.98. The van der Waals surface area contributed by atoms with E-state index in [1.54, 1.807) is 0 Å². The number of benzene rings is 1. The SMILES string of the molecule is CSc1nc(C(C)C)nc(C)c1C(=O)NCCc1ccc(Cl)cc1. The van der Waals surface area contributed by atoms with E-state index < -0.39 is 0 Å². The number of nitrogens with zero attached hydrogens (tertiary/aromatic N) is 2. The third kappa shape index (κ3) is 4.71. The van der Waals surface area contributed by atoms with E-state index in [0.717, 1.165) is 28.5 Å². The maximum Gasteiger partial charge on any atom is 0.255 e. The van der Waals surface area contributed by atoms with Gasteiger partial charge in [-0.2, -0.15) is 0 Å². The molecule has 0 fully saturated rings. The first kappa shape index (κ1) is 18.7. The molecule has 128 valence electrons. The average molecular weight is 364 g/mol. The summed E-state index contributed by atoms with van der Waals surface area (Å²) in [7, 11) is 0. The molecule has 1 N–H and O–H groups in total. The Bertz CT molecular complexity index is 717. The fraction of sp³-hybridized carbons (Fsp3) is 0.389. The van der Waals surface area contributed by atoms with Crippen molar-refractivity contribution in [3.05, 3.63) is 51.9 Å². The molecule has 0 aliphatic heterocycles. The summed E-state index contributed by atoms with van der Waals surface area (Å²) in [5.41, 5.74) is 2.43. The summed E-state index contributed by atoms with van der Waals surface area (Å²) in [6.07, 6.45) is 2.68. The number of halogens is 1. The summed E-state index contributed by atoms with van der Waals surface area (Å²) < 4.78 is 0. The molecule has 6 heteroatoms. The third-order valence-corrected chi connectivity index (χ3v) is 4.56. The number of carbonyl (C=O) groups excluding carboxylic acids is 1. The zero-order valence-corrected chi connectivity index (χ0v) is 16.0. The number of aromatic nitrogens is 2. The molecule has 24 heavy (non-hydrogen) atoms. The Morgan fingerprint density at radius 1 is 1.25 bits per heavy atom. The Balaban J connectivity index is 2.07. The minimum Gasteiger partial charge on any atom is -0.352 e. The molecule has 0 saturated heterocycles. The van der Waals surface area contributed by atoms with E-state index in [-0.39, 0.29) is 11.8 Å². The number of thioether (sulfide) groups is 1. The molecule has 0 unspecified atom stereocenters. The van der Waals surface area contributed by atoms with E-state index >= 15 is 0 Å². The first-order valence-electron chi connectivity index (χ1n) is 7.87. The van der Waals surface area contributed by atoms with Crippen LogP contribution in [0.5, 0.6) is 0 Å². The van der Waals surface area contributed by atoms with Crippen LogP contribution in [0.1, 0.15) is 47.2 Å². The molecular weight excluding hydrogens is 342 g/mol. The molecule has 0 aliphatic rings. The standard InChI is InChI=1S/C18H22ClN3OS/c1-11(2)16-21-12(3)15(18(22-16)24-4)17(23)20-10-9-13-5-7-14(19)8-6-13/h5-8,11H,9-10H2,1-4H3,(H,20,23). The fourth-order valence-electron chi connectivity index (χ4n) is 2.29. The van der Waals surface area contributed by atoms with Crippen LogP contribution in [0.15, 0.2) is 29.3 Å². The van der Waals surface area contributed by atoms with Crippen molar-refractivity contribution in [1.82, 2.24) is 15.3 Å². The van der Waals surface area contributed by atoms with Crippen LogP contribution >= 0.6 is 23.4 Å². The summed E-state index contributed by atoms with van der Waals surface area (Å²) in [4.78, 5) is 21.5. The van der Waals surface area contributed by atoms with Gasteiger partial charge in [0.25, 0.3) is 5.91 Å². The van der Waals surface area contributed by atoms with Gasteiger partial charge in [0.15, 0.2) is 0 Å². The molecule has 1 amide bonds. The maximum absolute atomic E-state index is 12.5. The molecule has 0 saturated carbocycles. The van der Waals surface area contributed by atoms with E-state index in [2.05, 4.69) is 15.3 Å². The molecule has 4 nitrogen and oxygen atoms in total. The molecule has 0 spiro atoms. The molecule has 1 aromatic carbocycles. The Hall–Kier alpha value is -1.59. The van der Waals surface area contributed by atoms with Gasteiger partial charge in [0.1, 0.15) is 10.9 Å². The predicted octanol–water partition coefficient (Wildman–Crippen LogP) is 4.26. The third-order valence-electron chi connectivity index (χ3n) is 3.62. The first-order chi connectivity index (χ1) is 11.4. The topological polar surface area (TPSA) is 54.9 Å². The quantitative estimate of drug-likeness (QED) is 0.615. The number of aryl methyl sites for hydroxylation is 1. The molecular formula is C18H22ClN3OS. The van der Waals surface area contributed by atoms with Gasteiger partial charge in [-0.1, -0.05) is 37.6 Å². The van der Waals surface area contributed by atoms with Crippen molar-refractivity contribution in [1.29, 1.82) is 0 Å². The van der Waals surface area contributed by atoms with Crippen LogP contribution in [0, 0.1) is 6.92 Å². The number of hydrogen-bond acceptors (Lipinski definition) is 4. The smallest absolute Gasteiger partial charge is 0.255 e. The van der Waals surface area contributed by atoms with Crippen molar-refractivity contribution in [2.24, 2.45) is 0 Å². The monoisotopic (exact) mass is 363 g/mol. The van der Waals surface area contributed by atoms with Gasteiger partial charge in [0, 0.05) is 17.5 Å². The highest BCUT2D eigenvalue weighted by Crippen LogP contribution is 2.23. The van der Waals surface area contributed by atoms with Crippen LogP contribution in [-0.4, -0.2) is 28.7 Å². The van der Waals surface area contributed by atoms with Crippen molar-refractivity contribution >= 4 is 29.3 Å². The van der Waals surface area contributed by atoms with Gasteiger partial charge >= 0.3 is 0 Å². The molecule has 0 bridgehead atoms. The Morgan fingerprint density at radius 3 is 2.50 bits per heavy atom. The Morgan fingerprint density at radius 2 is 1.92 bits per heavy atom. The van der Waals surface area contributed by atoms with Crippen LogP contribution in [0.2, 0.25) is 5.02 Å². The second kappa shape index (κ2) is 8.49. The fourth-order valence-corrected chi connectivity index (χ4v) is 3.05. The molecule has 1 aromatic heterocycles. The van der Waals surface area contributed by atoms with E-state index in [0.29, 0.717) is 17.1 Å². The average Bonchev–Trinajstić information content (AvgIpc) is 2.55. The highest BCUT2D eigenvalue weighted by Gasteiger charge is 2.19. The van der Waals surface area contributed by atoms with E-state index in [9.17, 15) is 4.79 Å². The first-order valence-corrected chi connectivity index (χ1v) is 9.47. The molecule has 0 aliphatic carbocycles. The van der Waals surface area contributed by atoms with E-state index in [4.69, 9.17) is 11.6 Å². The van der Waals surface area contributed by atoms with Gasteiger partial charge in [-0.25, -0.2) is 9.97 Å². The largest absolute Gasteiger partial charge is 0.352 e. The van der Waals surface area contributed by atoms with Gasteiger partial charge in [0.2, 0.25) is 0 Å². The Labute approximate surface area is 152 Å². The van der Waals surface area contributed by atoms with Crippen molar-refractivity contribution in [3.63, 3.8) is 0 Å². The second-order valence-electron chi connectivity index (χ2n) is 5.84. The minimum atomic E-state index is -0.124. The number of rotatable bonds is 6. The number of nitrogens with one attached hydrogen (secondary N) is 1. The normalized spacial score (nSPS) is 10.9. The summed E-state index contributed by atoms with van der Waals surface area (Å²) in [6, 6.07) is 7.64. The number of amides is 1. The molecule has 1 heterocycles. The maximum atomic E-state index is 12.5. The summed E-state index contributed by atoms with van der Waals surface area (Å²) in [5.74, 6) is 0.882. The summed E-state index contributed by atoms with van der Waals surface area (Å²) in [5, 5.41) is 4.41. The van der Waals surface area contributed by atoms with Crippen LogP contribution in [0.3, 0.4) is 0 Å². The van der Waals surface area contributed by atoms with Gasteiger partial charge in [0.05, 0.1) is 11.3 Å². The van der Waals surface area contributed by atoms with Gasteiger partial charge in [-0.05, 0) is 37.3 Å². The predicted molar refractivity (Wildman–Crippen MR) is 100 cm³/mol. The van der Waals surface area contributed by atoms with Crippen LogP contribution in [-0.2, 0) is 6.42 Å². The van der Waals surface area contributed by atoms with Crippen LogP contribution in [0.25, 0.3) is 0 Å². The lowest BCUT2D eigenvalue weighted by Crippen LogP contribution is -2.28. The van der Waals surface area contributed by atoms with Gasteiger partial charge < -0.3 is 5.32 Å². The molecule has 2 rings (SSSR count). The van der Waals surface area contributed by atoms with Crippen molar-refractivity contribution in [2.75, 3.05) is 12.8 Å². The molecule has 2 aromatic rings. The van der Waals surface area contributed by atoms with Crippen LogP contribution in [0.4, 0.5) is 0 Å². The summed E-state index contributed by atoms with van der Waals surface area (Å²) in [6.45, 7) is 6.51. The van der Waals surface area contributed by atoms with Gasteiger partial charge in [-0.15, -0.1) is 11.8 Å². The van der Waals surface area contributed by atoms with Crippen LogP contribution < -0.4 is 5.32 Å². The van der Waals surface area contributed by atoms with E-state index in [1.165, 1.54) is 11.8 Å². The minimum absolute atomic E-state index is 0.124. The Kier molecular flexibility index (Phi) is 6.63. The molecule has 0 radical (unpaired) electrons. The number of carbonyl (C=O) groups is 1. The summed E-state index contributed by atoms with van der Waals surface area (Å²) >= 11 is 7.35. The van der Waals surface area contributed by atoms with Crippen molar-refractivity contribution in [3.8, 4) is 0 Å².